The van der Waals surface area contributed by atoms with Crippen LogP contribution < -0.4 is 14.7 Å². The van der Waals surface area contributed by atoms with E-state index in [9.17, 15) is 0 Å². The van der Waals surface area contributed by atoms with Crippen molar-refractivity contribution in [1.29, 1.82) is 0 Å². The number of morpholine rings is 1. The van der Waals surface area contributed by atoms with E-state index in [4.69, 9.17) is 14.7 Å². The summed E-state index contributed by atoms with van der Waals surface area (Å²) < 4.78 is 7.20. The molecule has 0 aliphatic carbocycles. The maximum Gasteiger partial charge on any atom is 0.227 e. The first-order valence-corrected chi connectivity index (χ1v) is 9.33. The minimum absolute atomic E-state index is 0.737. The molecular formula is C18H22N8O. The topological polar surface area (TPSA) is 74.9 Å². The normalized spacial score (nSPS) is 18.3. The summed E-state index contributed by atoms with van der Waals surface area (Å²) >= 11 is 0. The van der Waals surface area contributed by atoms with Crippen molar-refractivity contribution in [2.45, 2.75) is 0 Å². The van der Waals surface area contributed by atoms with E-state index in [2.05, 4.69) is 24.8 Å². The number of anilines is 3. The molecule has 140 valence electrons. The van der Waals surface area contributed by atoms with Crippen molar-refractivity contribution in [3.05, 3.63) is 36.8 Å². The highest BCUT2D eigenvalue weighted by Crippen LogP contribution is 2.20. The second-order valence-corrected chi connectivity index (χ2v) is 6.71. The minimum Gasteiger partial charge on any atom is -0.378 e. The fourth-order valence-corrected chi connectivity index (χ4v) is 3.57. The predicted octanol–water partition coefficient (Wildman–Crippen LogP) is 0.682. The average molecular weight is 366 g/mol. The van der Waals surface area contributed by atoms with Gasteiger partial charge in [-0.05, 0) is 12.1 Å². The smallest absolute Gasteiger partial charge is 0.227 e. The van der Waals surface area contributed by atoms with Gasteiger partial charge >= 0.3 is 0 Å². The third-order valence-electron chi connectivity index (χ3n) is 5.09. The van der Waals surface area contributed by atoms with E-state index in [-0.39, 0.29) is 0 Å². The van der Waals surface area contributed by atoms with Gasteiger partial charge in [0, 0.05) is 57.7 Å². The second kappa shape index (κ2) is 6.99. The molecule has 5 rings (SSSR count). The molecule has 9 heteroatoms. The van der Waals surface area contributed by atoms with E-state index in [1.165, 1.54) is 0 Å². The molecule has 0 amide bonds. The monoisotopic (exact) mass is 366 g/mol. The molecule has 2 aliphatic heterocycles. The van der Waals surface area contributed by atoms with E-state index in [1.807, 2.05) is 30.6 Å². The molecule has 0 unspecified atom stereocenters. The lowest BCUT2D eigenvalue weighted by molar-refractivity contribution is 0.122. The first-order chi connectivity index (χ1) is 13.4. The third kappa shape index (κ3) is 3.25. The van der Waals surface area contributed by atoms with E-state index >= 15 is 0 Å². The Bertz CT molecular complexity index is 914. The van der Waals surface area contributed by atoms with Crippen LogP contribution in [0.2, 0.25) is 0 Å². The summed E-state index contributed by atoms with van der Waals surface area (Å²) in [7, 11) is 0. The molecule has 2 saturated heterocycles. The summed E-state index contributed by atoms with van der Waals surface area (Å²) in [5.74, 6) is 2.79. The molecule has 0 saturated carbocycles. The Kier molecular flexibility index (Phi) is 4.21. The van der Waals surface area contributed by atoms with Crippen LogP contribution in [-0.2, 0) is 4.74 Å². The van der Waals surface area contributed by atoms with Crippen LogP contribution in [0, 0.1) is 0 Å². The highest BCUT2D eigenvalue weighted by Gasteiger charge is 2.21. The Morgan fingerprint density at radius 3 is 2.26 bits per heavy atom. The van der Waals surface area contributed by atoms with Gasteiger partial charge in [0.15, 0.2) is 5.65 Å². The fraction of sp³-hybridized carbons (Fsp3) is 0.444. The Balaban J connectivity index is 1.27. The van der Waals surface area contributed by atoms with Crippen LogP contribution in [0.4, 0.5) is 17.6 Å². The van der Waals surface area contributed by atoms with E-state index in [0.717, 1.165) is 75.7 Å². The summed E-state index contributed by atoms with van der Waals surface area (Å²) in [4.78, 5) is 20.8. The maximum absolute atomic E-state index is 5.42. The van der Waals surface area contributed by atoms with Crippen LogP contribution in [0.3, 0.4) is 0 Å². The first-order valence-electron chi connectivity index (χ1n) is 9.33. The fourth-order valence-electron chi connectivity index (χ4n) is 3.57. The quantitative estimate of drug-likeness (QED) is 0.670. The number of rotatable bonds is 3. The number of hydrogen-bond donors (Lipinski definition) is 0. The Labute approximate surface area is 157 Å². The van der Waals surface area contributed by atoms with Crippen molar-refractivity contribution in [2.75, 3.05) is 67.2 Å². The zero-order chi connectivity index (χ0) is 18.1. The van der Waals surface area contributed by atoms with Crippen molar-refractivity contribution < 1.29 is 4.74 Å². The van der Waals surface area contributed by atoms with E-state index < -0.39 is 0 Å². The van der Waals surface area contributed by atoms with Gasteiger partial charge in [-0.3, -0.25) is 0 Å². The molecule has 2 aliphatic rings. The average Bonchev–Trinajstić information content (AvgIpc) is 3.22. The molecular weight excluding hydrogens is 344 g/mol. The molecule has 3 aromatic rings. The minimum atomic E-state index is 0.737. The SMILES string of the molecule is c1cc(N2CCN(c3ccn4nccc4n3)CC2)nc(N2CCOCC2)n1. The van der Waals surface area contributed by atoms with Crippen LogP contribution in [0.25, 0.3) is 5.65 Å². The van der Waals surface area contributed by atoms with Crippen molar-refractivity contribution in [3.63, 3.8) is 0 Å². The van der Waals surface area contributed by atoms with Gasteiger partial charge in [0.1, 0.15) is 11.6 Å². The molecule has 0 atom stereocenters. The molecule has 27 heavy (non-hydrogen) atoms. The van der Waals surface area contributed by atoms with Gasteiger partial charge in [-0.1, -0.05) is 0 Å². The number of piperazine rings is 1. The second-order valence-electron chi connectivity index (χ2n) is 6.71. The lowest BCUT2D eigenvalue weighted by Crippen LogP contribution is -2.47. The van der Waals surface area contributed by atoms with Crippen LogP contribution in [0.1, 0.15) is 0 Å². The van der Waals surface area contributed by atoms with Crippen molar-refractivity contribution >= 4 is 23.2 Å². The lowest BCUT2D eigenvalue weighted by Gasteiger charge is -2.36. The summed E-state index contributed by atoms with van der Waals surface area (Å²) in [5, 5.41) is 4.20. The van der Waals surface area contributed by atoms with Crippen molar-refractivity contribution in [3.8, 4) is 0 Å². The Morgan fingerprint density at radius 1 is 0.741 bits per heavy atom. The largest absolute Gasteiger partial charge is 0.378 e. The molecule has 0 spiro atoms. The number of aromatic nitrogens is 5. The highest BCUT2D eigenvalue weighted by molar-refractivity contribution is 5.50. The summed E-state index contributed by atoms with van der Waals surface area (Å²) in [6, 6.07) is 5.95. The Hall–Kier alpha value is -2.94. The van der Waals surface area contributed by atoms with Crippen LogP contribution in [0.5, 0.6) is 0 Å². The van der Waals surface area contributed by atoms with Gasteiger partial charge < -0.3 is 19.4 Å². The van der Waals surface area contributed by atoms with Crippen molar-refractivity contribution in [1.82, 2.24) is 24.6 Å². The highest BCUT2D eigenvalue weighted by atomic mass is 16.5. The van der Waals surface area contributed by atoms with Gasteiger partial charge in [0.05, 0.1) is 19.4 Å². The zero-order valence-corrected chi connectivity index (χ0v) is 15.1. The van der Waals surface area contributed by atoms with Crippen LogP contribution in [0.15, 0.2) is 36.8 Å². The molecule has 0 bridgehead atoms. The maximum atomic E-state index is 5.42. The van der Waals surface area contributed by atoms with Crippen LogP contribution in [-0.4, -0.2) is 77.0 Å². The van der Waals surface area contributed by atoms with Gasteiger partial charge in [-0.2, -0.15) is 10.1 Å². The standard InChI is InChI=1S/C18H22N8O/c1-4-19-18(25-11-13-27-14-12-25)22-15(1)23-7-9-24(10-8-23)16-3-6-26-17(21-16)2-5-20-26/h1-6H,7-14H2. The number of ether oxygens (including phenoxy) is 1. The lowest BCUT2D eigenvalue weighted by atomic mass is 10.3. The molecule has 0 N–H and O–H groups in total. The van der Waals surface area contributed by atoms with E-state index in [1.54, 1.807) is 10.7 Å². The number of fused-ring (bicyclic) bond motifs is 1. The molecule has 3 aromatic heterocycles. The van der Waals surface area contributed by atoms with Gasteiger partial charge in [0.2, 0.25) is 5.95 Å². The number of nitrogens with zero attached hydrogens (tertiary/aromatic N) is 8. The third-order valence-corrected chi connectivity index (χ3v) is 5.09. The van der Waals surface area contributed by atoms with E-state index in [0.29, 0.717) is 0 Å². The van der Waals surface area contributed by atoms with Gasteiger partial charge in [-0.25, -0.2) is 14.5 Å². The molecule has 9 nitrogen and oxygen atoms in total. The molecule has 0 radical (unpaired) electrons. The van der Waals surface area contributed by atoms with Crippen LogP contribution >= 0.6 is 0 Å². The molecule has 0 aromatic carbocycles. The van der Waals surface area contributed by atoms with Gasteiger partial charge in [-0.15, -0.1) is 0 Å². The first kappa shape index (κ1) is 16.2. The molecule has 2 fully saturated rings. The number of hydrogen-bond acceptors (Lipinski definition) is 8. The predicted molar refractivity (Wildman–Crippen MR) is 102 cm³/mol. The van der Waals surface area contributed by atoms with Gasteiger partial charge in [0.25, 0.3) is 0 Å². The van der Waals surface area contributed by atoms with Crippen molar-refractivity contribution in [2.24, 2.45) is 0 Å². The zero-order valence-electron chi connectivity index (χ0n) is 15.1. The summed E-state index contributed by atoms with van der Waals surface area (Å²) in [5.41, 5.74) is 0.876. The summed E-state index contributed by atoms with van der Waals surface area (Å²) in [6.07, 6.45) is 5.59. The molecule has 5 heterocycles. The summed E-state index contributed by atoms with van der Waals surface area (Å²) in [6.45, 7) is 6.81. The Morgan fingerprint density at radius 2 is 1.48 bits per heavy atom.